The molecular weight excluding hydrogens is 336 g/mol. The van der Waals surface area contributed by atoms with Crippen LogP contribution in [0.25, 0.3) is 0 Å². The number of hydrogen-bond acceptors (Lipinski definition) is 5. The number of amides is 4. The number of nitrogens with one attached hydrogen (secondary N) is 3. The van der Waals surface area contributed by atoms with Crippen molar-refractivity contribution in [3.63, 3.8) is 0 Å². The van der Waals surface area contributed by atoms with E-state index in [0.717, 1.165) is 11.8 Å². The second-order valence-electron chi connectivity index (χ2n) is 4.03. The summed E-state index contributed by atoms with van der Waals surface area (Å²) >= 11 is 1.07. The molecule has 0 unspecified atom stereocenters. The first kappa shape index (κ1) is 17.9. The van der Waals surface area contributed by atoms with Crippen LogP contribution in [0.5, 0.6) is 0 Å². The lowest BCUT2D eigenvalue weighted by molar-refractivity contribution is -0.145. The Balaban J connectivity index is 0.00000324. The first-order valence-corrected chi connectivity index (χ1v) is 6.54. The number of halogens is 1. The minimum atomic E-state index is -1.23. The van der Waals surface area contributed by atoms with Crippen molar-refractivity contribution in [2.45, 2.75) is 26.2 Å². The van der Waals surface area contributed by atoms with Crippen LogP contribution in [-0.2, 0) is 9.59 Å². The molecule has 5 N–H and O–H groups in total. The van der Waals surface area contributed by atoms with Gasteiger partial charge in [0.15, 0.2) is 5.17 Å². The molecule has 0 aromatic carbocycles. The summed E-state index contributed by atoms with van der Waals surface area (Å²) < 4.78 is 0. The zero-order valence-corrected chi connectivity index (χ0v) is 13.0. The van der Waals surface area contributed by atoms with Gasteiger partial charge in [0, 0.05) is 5.75 Å². The third-order valence-corrected chi connectivity index (χ3v) is 3.51. The van der Waals surface area contributed by atoms with E-state index in [1.54, 1.807) is 0 Å². The van der Waals surface area contributed by atoms with Crippen molar-refractivity contribution in [1.82, 2.24) is 10.6 Å². The van der Waals surface area contributed by atoms with Crippen LogP contribution < -0.4 is 16.4 Å². The van der Waals surface area contributed by atoms with Crippen LogP contribution in [0.1, 0.15) is 26.2 Å². The van der Waals surface area contributed by atoms with E-state index >= 15 is 0 Å². The first-order chi connectivity index (χ1) is 8.42. The fourth-order valence-corrected chi connectivity index (χ4v) is 2.59. The SMILES string of the molecule is Br.CCCC1(CCSC(=N)N)C(=O)NC(=O)NC1=O. The molecule has 1 heterocycles. The van der Waals surface area contributed by atoms with Crippen LogP contribution in [0.3, 0.4) is 0 Å². The number of imide groups is 2. The van der Waals surface area contributed by atoms with E-state index in [4.69, 9.17) is 11.1 Å². The second-order valence-corrected chi connectivity index (χ2v) is 5.17. The Morgan fingerprint density at radius 2 is 1.79 bits per heavy atom. The number of amidine groups is 1. The normalized spacial score (nSPS) is 17.2. The summed E-state index contributed by atoms with van der Waals surface area (Å²) in [6.45, 7) is 1.86. The fourth-order valence-electron chi connectivity index (χ4n) is 1.92. The quantitative estimate of drug-likeness (QED) is 0.329. The van der Waals surface area contributed by atoms with Crippen molar-refractivity contribution in [3.05, 3.63) is 0 Å². The molecule has 1 aliphatic heterocycles. The maximum absolute atomic E-state index is 11.9. The molecule has 0 saturated carbocycles. The molecule has 0 atom stereocenters. The molecule has 19 heavy (non-hydrogen) atoms. The lowest BCUT2D eigenvalue weighted by Crippen LogP contribution is -2.62. The van der Waals surface area contributed by atoms with Crippen molar-refractivity contribution in [2.75, 3.05) is 5.75 Å². The molecule has 1 fully saturated rings. The highest BCUT2D eigenvalue weighted by Crippen LogP contribution is 2.32. The van der Waals surface area contributed by atoms with Crippen LogP contribution in [0, 0.1) is 10.8 Å². The molecule has 4 amide bonds. The predicted octanol–water partition coefficient (Wildman–Crippen LogP) is 0.734. The van der Waals surface area contributed by atoms with Crippen LogP contribution >= 0.6 is 28.7 Å². The van der Waals surface area contributed by atoms with Crippen LogP contribution in [0.2, 0.25) is 0 Å². The minimum absolute atomic E-state index is 0. The average Bonchev–Trinajstić information content (AvgIpc) is 2.25. The predicted molar refractivity (Wildman–Crippen MR) is 78.3 cm³/mol. The van der Waals surface area contributed by atoms with Gasteiger partial charge in [-0.3, -0.25) is 25.6 Å². The third kappa shape index (κ3) is 4.20. The average molecular weight is 353 g/mol. The summed E-state index contributed by atoms with van der Waals surface area (Å²) in [4.78, 5) is 34.9. The number of nitrogens with two attached hydrogens (primary N) is 1. The number of barbiturate groups is 1. The Labute approximate surface area is 125 Å². The molecule has 0 bridgehead atoms. The Morgan fingerprint density at radius 3 is 2.21 bits per heavy atom. The van der Waals surface area contributed by atoms with Gasteiger partial charge in [-0.25, -0.2) is 4.79 Å². The van der Waals surface area contributed by atoms with Crippen LogP contribution in [-0.4, -0.2) is 28.8 Å². The van der Waals surface area contributed by atoms with Gasteiger partial charge in [-0.2, -0.15) is 0 Å². The first-order valence-electron chi connectivity index (χ1n) is 5.56. The van der Waals surface area contributed by atoms with E-state index in [1.165, 1.54) is 0 Å². The molecule has 1 saturated heterocycles. The highest BCUT2D eigenvalue weighted by Gasteiger charge is 2.48. The number of hydrogen-bond donors (Lipinski definition) is 4. The summed E-state index contributed by atoms with van der Waals surface area (Å²) in [5.41, 5.74) is 3.98. The topological polar surface area (TPSA) is 125 Å². The van der Waals surface area contributed by atoms with Gasteiger partial charge in [-0.05, 0) is 12.8 Å². The third-order valence-electron chi connectivity index (χ3n) is 2.79. The number of carbonyl (C=O) groups excluding carboxylic acids is 3. The van der Waals surface area contributed by atoms with E-state index < -0.39 is 23.3 Å². The van der Waals surface area contributed by atoms with Gasteiger partial charge in [-0.15, -0.1) is 17.0 Å². The number of rotatable bonds is 5. The molecule has 1 rings (SSSR count). The summed E-state index contributed by atoms with van der Waals surface area (Å²) in [5.74, 6) is -0.755. The maximum Gasteiger partial charge on any atom is 0.328 e. The monoisotopic (exact) mass is 352 g/mol. The van der Waals surface area contributed by atoms with Crippen LogP contribution in [0.15, 0.2) is 0 Å². The van der Waals surface area contributed by atoms with Gasteiger partial charge < -0.3 is 5.73 Å². The molecular formula is C10H17BrN4O3S. The molecule has 9 heteroatoms. The van der Waals surface area contributed by atoms with E-state index in [1.807, 2.05) is 6.92 Å². The summed E-state index contributed by atoms with van der Waals surface area (Å²) in [7, 11) is 0. The summed E-state index contributed by atoms with van der Waals surface area (Å²) in [6, 6.07) is -0.782. The molecule has 108 valence electrons. The lowest BCUT2D eigenvalue weighted by Gasteiger charge is -2.33. The molecule has 0 aliphatic carbocycles. The smallest absolute Gasteiger partial charge is 0.328 e. The van der Waals surface area contributed by atoms with E-state index in [0.29, 0.717) is 18.6 Å². The molecule has 0 spiro atoms. The Hall–Kier alpha value is -1.09. The van der Waals surface area contributed by atoms with Crippen molar-refractivity contribution >= 4 is 51.8 Å². The lowest BCUT2D eigenvalue weighted by atomic mass is 9.78. The Morgan fingerprint density at radius 1 is 1.26 bits per heavy atom. The molecule has 7 nitrogen and oxygen atoms in total. The van der Waals surface area contributed by atoms with E-state index in [-0.39, 0.29) is 28.6 Å². The van der Waals surface area contributed by atoms with Crippen molar-refractivity contribution in [1.29, 1.82) is 5.41 Å². The van der Waals surface area contributed by atoms with Crippen LogP contribution in [0.4, 0.5) is 4.79 Å². The van der Waals surface area contributed by atoms with Gasteiger partial charge in [0.2, 0.25) is 11.8 Å². The van der Waals surface area contributed by atoms with Gasteiger partial charge in [0.1, 0.15) is 5.41 Å². The highest BCUT2D eigenvalue weighted by atomic mass is 79.9. The molecule has 0 aromatic rings. The zero-order valence-electron chi connectivity index (χ0n) is 10.4. The van der Waals surface area contributed by atoms with E-state index in [9.17, 15) is 14.4 Å². The molecule has 0 radical (unpaired) electrons. The minimum Gasteiger partial charge on any atom is -0.379 e. The Kier molecular flexibility index (Phi) is 7.06. The van der Waals surface area contributed by atoms with Crippen molar-refractivity contribution in [3.8, 4) is 0 Å². The molecule has 1 aliphatic rings. The zero-order chi connectivity index (χ0) is 13.8. The van der Waals surface area contributed by atoms with E-state index in [2.05, 4.69) is 10.6 Å². The highest BCUT2D eigenvalue weighted by molar-refractivity contribution is 8.93. The van der Waals surface area contributed by atoms with Crippen molar-refractivity contribution < 1.29 is 14.4 Å². The van der Waals surface area contributed by atoms with Gasteiger partial charge in [0.25, 0.3) is 0 Å². The largest absolute Gasteiger partial charge is 0.379 e. The second kappa shape index (κ2) is 7.49. The maximum atomic E-state index is 11.9. The molecule has 0 aromatic heterocycles. The van der Waals surface area contributed by atoms with Gasteiger partial charge >= 0.3 is 6.03 Å². The fraction of sp³-hybridized carbons (Fsp3) is 0.600. The summed E-state index contributed by atoms with van der Waals surface area (Å²) in [5, 5.41) is 11.3. The standard InChI is InChI=1S/C10H16N4O3S.BrH/c1-2-3-10(4-5-18-8(11)12)6(15)13-9(17)14-7(10)16;/h2-5H2,1H3,(H3,11,12)(H2,13,14,15,16,17);1H. The Bertz CT molecular complexity index is 382. The number of carbonyl (C=O) groups is 3. The summed E-state index contributed by atoms with van der Waals surface area (Å²) in [6.07, 6.45) is 1.24. The van der Waals surface area contributed by atoms with Gasteiger partial charge in [0.05, 0.1) is 0 Å². The number of urea groups is 1. The number of thioether (sulfide) groups is 1. The van der Waals surface area contributed by atoms with Crippen molar-refractivity contribution in [2.24, 2.45) is 11.1 Å². The van der Waals surface area contributed by atoms with Gasteiger partial charge in [-0.1, -0.05) is 25.1 Å².